The molecule has 0 saturated carbocycles. The van der Waals surface area contributed by atoms with Crippen molar-refractivity contribution in [3.8, 4) is 17.3 Å². The van der Waals surface area contributed by atoms with E-state index in [1.165, 1.54) is 24.4 Å². The smallest absolute Gasteiger partial charge is 0.434 e. The average molecular weight is 406 g/mol. The van der Waals surface area contributed by atoms with Crippen LogP contribution in [0.3, 0.4) is 0 Å². The Kier molecular flexibility index (Phi) is 4.95. The van der Waals surface area contributed by atoms with Crippen LogP contribution < -0.4 is 5.56 Å². The largest absolute Gasteiger partial charge is 0.506 e. The molecule has 1 saturated heterocycles. The van der Waals surface area contributed by atoms with Gasteiger partial charge in [-0.1, -0.05) is 0 Å². The molecule has 1 fully saturated rings. The summed E-state index contributed by atoms with van der Waals surface area (Å²) in [7, 11) is 0. The number of aromatic nitrogens is 4. The molecule has 0 spiro atoms. The standard InChI is InChI=1S/C19H17F3N4O3/c20-19(21,22)16-14-12(3-7-24-16)25-17(15-13(27)2-1-6-23-15)26(18(14)28)10-11-4-8-29-9-5-11/h1-3,6-7,11,27H,4-5,8-10H2. The van der Waals surface area contributed by atoms with E-state index in [4.69, 9.17) is 4.74 Å². The molecule has 0 radical (unpaired) electrons. The second kappa shape index (κ2) is 7.43. The molecule has 152 valence electrons. The molecule has 1 aliphatic rings. The van der Waals surface area contributed by atoms with Crippen molar-refractivity contribution in [2.24, 2.45) is 5.92 Å². The van der Waals surface area contributed by atoms with Crippen LogP contribution in [0.5, 0.6) is 5.75 Å². The van der Waals surface area contributed by atoms with Crippen molar-refractivity contribution in [1.29, 1.82) is 0 Å². The Morgan fingerprint density at radius 1 is 1.17 bits per heavy atom. The molecule has 0 bridgehead atoms. The highest BCUT2D eigenvalue weighted by molar-refractivity contribution is 5.82. The normalized spacial score (nSPS) is 15.7. The highest BCUT2D eigenvalue weighted by atomic mass is 19.4. The number of aromatic hydroxyl groups is 1. The molecular weight excluding hydrogens is 389 g/mol. The minimum absolute atomic E-state index is 0.0198. The molecule has 4 rings (SSSR count). The van der Waals surface area contributed by atoms with Gasteiger partial charge in [0.1, 0.15) is 11.4 Å². The van der Waals surface area contributed by atoms with Gasteiger partial charge in [0.2, 0.25) is 0 Å². The molecule has 0 aliphatic carbocycles. The van der Waals surface area contributed by atoms with Gasteiger partial charge in [0.05, 0.1) is 10.9 Å². The molecule has 10 heteroatoms. The highest BCUT2D eigenvalue weighted by Gasteiger charge is 2.36. The number of pyridine rings is 2. The Morgan fingerprint density at radius 2 is 1.93 bits per heavy atom. The van der Waals surface area contributed by atoms with Crippen molar-refractivity contribution in [2.45, 2.75) is 25.6 Å². The maximum absolute atomic E-state index is 13.5. The second-order valence-electron chi connectivity index (χ2n) is 6.83. The summed E-state index contributed by atoms with van der Waals surface area (Å²) in [5.74, 6) is -0.174. The summed E-state index contributed by atoms with van der Waals surface area (Å²) in [5.41, 5.74) is -2.25. The van der Waals surface area contributed by atoms with Gasteiger partial charge in [0, 0.05) is 32.2 Å². The Hall–Kier alpha value is -3.01. The first-order valence-corrected chi connectivity index (χ1v) is 9.05. The van der Waals surface area contributed by atoms with E-state index in [-0.39, 0.29) is 35.2 Å². The monoisotopic (exact) mass is 406 g/mol. The summed E-state index contributed by atoms with van der Waals surface area (Å²) in [4.78, 5) is 25.0. The molecule has 0 aromatic carbocycles. The number of fused-ring (bicyclic) bond motifs is 1. The van der Waals surface area contributed by atoms with Crippen LogP contribution in [0.2, 0.25) is 0 Å². The molecule has 29 heavy (non-hydrogen) atoms. The molecule has 0 amide bonds. The predicted molar refractivity (Wildman–Crippen MR) is 97.2 cm³/mol. The molecular formula is C19H17F3N4O3. The number of hydrogen-bond acceptors (Lipinski definition) is 6. The van der Waals surface area contributed by atoms with Crippen LogP contribution in [0.15, 0.2) is 35.4 Å². The van der Waals surface area contributed by atoms with Crippen molar-refractivity contribution in [1.82, 2.24) is 19.5 Å². The fourth-order valence-corrected chi connectivity index (χ4v) is 3.48. The van der Waals surface area contributed by atoms with E-state index in [1.807, 2.05) is 0 Å². The minimum Gasteiger partial charge on any atom is -0.506 e. The zero-order valence-electron chi connectivity index (χ0n) is 15.2. The lowest BCUT2D eigenvalue weighted by atomic mass is 10.00. The first-order chi connectivity index (χ1) is 13.9. The van der Waals surface area contributed by atoms with Crippen molar-refractivity contribution >= 4 is 10.9 Å². The maximum Gasteiger partial charge on any atom is 0.434 e. The topological polar surface area (TPSA) is 90.1 Å². The Labute approximate surface area is 162 Å². The molecule has 1 N–H and O–H groups in total. The van der Waals surface area contributed by atoms with E-state index in [0.29, 0.717) is 26.1 Å². The molecule has 3 aromatic rings. The van der Waals surface area contributed by atoms with E-state index >= 15 is 0 Å². The van der Waals surface area contributed by atoms with Gasteiger partial charge < -0.3 is 9.84 Å². The fourth-order valence-electron chi connectivity index (χ4n) is 3.48. The Balaban J connectivity index is 1.99. The fraction of sp³-hybridized carbons (Fsp3) is 0.368. The van der Waals surface area contributed by atoms with Gasteiger partial charge >= 0.3 is 6.18 Å². The van der Waals surface area contributed by atoms with Gasteiger partial charge in [-0.15, -0.1) is 0 Å². The van der Waals surface area contributed by atoms with Gasteiger partial charge in [-0.2, -0.15) is 13.2 Å². The summed E-state index contributed by atoms with van der Waals surface area (Å²) in [6.07, 6.45) is -1.10. The van der Waals surface area contributed by atoms with Gasteiger partial charge in [0.25, 0.3) is 5.56 Å². The molecule has 3 aromatic heterocycles. The van der Waals surface area contributed by atoms with Gasteiger partial charge in [-0.05, 0) is 37.0 Å². The van der Waals surface area contributed by atoms with E-state index in [2.05, 4.69) is 15.0 Å². The minimum atomic E-state index is -4.80. The van der Waals surface area contributed by atoms with E-state index in [9.17, 15) is 23.1 Å². The maximum atomic E-state index is 13.5. The van der Waals surface area contributed by atoms with E-state index < -0.39 is 22.8 Å². The van der Waals surface area contributed by atoms with Crippen LogP contribution in [0.1, 0.15) is 18.5 Å². The van der Waals surface area contributed by atoms with Crippen molar-refractivity contribution < 1.29 is 23.0 Å². The van der Waals surface area contributed by atoms with Crippen LogP contribution in [-0.4, -0.2) is 37.8 Å². The summed E-state index contributed by atoms with van der Waals surface area (Å²) >= 11 is 0. The highest BCUT2D eigenvalue weighted by Crippen LogP contribution is 2.33. The van der Waals surface area contributed by atoms with Crippen LogP contribution >= 0.6 is 0 Å². The summed E-state index contributed by atoms with van der Waals surface area (Å²) in [5, 5.41) is 9.62. The number of alkyl halides is 3. The first kappa shape index (κ1) is 19.3. The second-order valence-corrected chi connectivity index (χ2v) is 6.83. The van der Waals surface area contributed by atoms with Crippen LogP contribution in [0.25, 0.3) is 22.4 Å². The van der Waals surface area contributed by atoms with Gasteiger partial charge in [-0.3, -0.25) is 14.3 Å². The first-order valence-electron chi connectivity index (χ1n) is 9.05. The quantitative estimate of drug-likeness (QED) is 0.719. The SMILES string of the molecule is O=c1c2c(C(F)(F)F)nccc2nc(-c2ncccc2O)n1CC1CCOCC1. The zero-order valence-corrected chi connectivity index (χ0v) is 15.2. The number of halogens is 3. The third-order valence-electron chi connectivity index (χ3n) is 4.92. The summed E-state index contributed by atoms with van der Waals surface area (Å²) < 4.78 is 46.9. The number of hydrogen-bond donors (Lipinski definition) is 1. The predicted octanol–water partition coefficient (Wildman–Crippen LogP) is 3.00. The van der Waals surface area contributed by atoms with E-state index in [1.54, 1.807) is 0 Å². The molecule has 0 unspecified atom stereocenters. The Morgan fingerprint density at radius 3 is 2.62 bits per heavy atom. The van der Waals surface area contributed by atoms with Crippen LogP contribution in [-0.2, 0) is 17.5 Å². The average Bonchev–Trinajstić information content (AvgIpc) is 2.70. The molecule has 1 aliphatic heterocycles. The van der Waals surface area contributed by atoms with E-state index in [0.717, 1.165) is 10.8 Å². The van der Waals surface area contributed by atoms with Crippen LogP contribution in [0.4, 0.5) is 13.2 Å². The summed E-state index contributed by atoms with van der Waals surface area (Å²) in [6.45, 7) is 1.17. The lowest BCUT2D eigenvalue weighted by molar-refractivity contribution is -0.139. The van der Waals surface area contributed by atoms with Gasteiger partial charge in [-0.25, -0.2) is 9.97 Å². The van der Waals surface area contributed by atoms with Crippen molar-refractivity contribution in [3.05, 3.63) is 46.6 Å². The summed E-state index contributed by atoms with van der Waals surface area (Å²) in [6, 6.07) is 4.13. The molecule has 0 atom stereocenters. The lowest BCUT2D eigenvalue weighted by Crippen LogP contribution is -2.31. The molecule has 7 nitrogen and oxygen atoms in total. The zero-order chi connectivity index (χ0) is 20.6. The number of nitrogens with zero attached hydrogens (tertiary/aromatic N) is 4. The number of ether oxygens (including phenoxy) is 1. The van der Waals surface area contributed by atoms with Gasteiger partial charge in [0.15, 0.2) is 11.5 Å². The third-order valence-corrected chi connectivity index (χ3v) is 4.92. The van der Waals surface area contributed by atoms with Crippen LogP contribution in [0, 0.1) is 5.92 Å². The number of rotatable bonds is 3. The van der Waals surface area contributed by atoms with Crippen molar-refractivity contribution in [2.75, 3.05) is 13.2 Å². The lowest BCUT2D eigenvalue weighted by Gasteiger charge is -2.24. The molecule has 4 heterocycles. The Bertz CT molecular complexity index is 1110. The third kappa shape index (κ3) is 3.67. The van der Waals surface area contributed by atoms with Crippen molar-refractivity contribution in [3.63, 3.8) is 0 Å².